The van der Waals surface area contributed by atoms with Crippen molar-refractivity contribution in [2.24, 2.45) is 5.73 Å². The summed E-state index contributed by atoms with van der Waals surface area (Å²) in [4.78, 5) is 0. The zero-order valence-electron chi connectivity index (χ0n) is 14.1. The minimum Gasteiger partial charge on any atom is -0.387 e. The van der Waals surface area contributed by atoms with Crippen LogP contribution in [0, 0.1) is 0 Å². The van der Waals surface area contributed by atoms with Crippen molar-refractivity contribution in [3.63, 3.8) is 0 Å². The molecule has 1 aliphatic heterocycles. The van der Waals surface area contributed by atoms with E-state index in [1.807, 2.05) is 12.3 Å². The van der Waals surface area contributed by atoms with E-state index in [2.05, 4.69) is 84.2 Å². The first-order chi connectivity index (χ1) is 12.3. The van der Waals surface area contributed by atoms with Gasteiger partial charge in [-0.05, 0) is 39.7 Å². The first-order valence-corrected chi connectivity index (χ1v) is 8.71. The van der Waals surface area contributed by atoms with Gasteiger partial charge in [-0.1, -0.05) is 78.9 Å². The zero-order chi connectivity index (χ0) is 17.1. The molecule has 1 heterocycles. The Labute approximate surface area is 148 Å². The molecule has 0 amide bonds. The molecule has 4 rings (SSSR count). The molecular formula is C23H22N2. The van der Waals surface area contributed by atoms with Crippen molar-refractivity contribution in [2.75, 3.05) is 6.54 Å². The van der Waals surface area contributed by atoms with Crippen molar-refractivity contribution >= 4 is 10.8 Å². The largest absolute Gasteiger partial charge is 0.387 e. The first kappa shape index (κ1) is 15.7. The highest BCUT2D eigenvalue weighted by Gasteiger charge is 2.25. The number of nitrogens with two attached hydrogens (primary N) is 1. The highest BCUT2D eigenvalue weighted by atomic mass is 14.8. The summed E-state index contributed by atoms with van der Waals surface area (Å²) in [6, 6.07) is 25.5. The maximum Gasteiger partial charge on any atom is 0.0403 e. The molecule has 0 radical (unpaired) electrons. The second-order valence-corrected chi connectivity index (χ2v) is 6.50. The summed E-state index contributed by atoms with van der Waals surface area (Å²) in [5, 5.41) is 5.84. The second-order valence-electron chi connectivity index (χ2n) is 6.50. The predicted molar refractivity (Wildman–Crippen MR) is 105 cm³/mol. The first-order valence-electron chi connectivity index (χ1n) is 8.71. The van der Waals surface area contributed by atoms with Crippen molar-refractivity contribution in [2.45, 2.75) is 12.0 Å². The van der Waals surface area contributed by atoms with E-state index in [0.717, 1.165) is 12.1 Å². The van der Waals surface area contributed by atoms with Gasteiger partial charge in [0.15, 0.2) is 0 Å². The van der Waals surface area contributed by atoms with E-state index in [9.17, 15) is 0 Å². The second kappa shape index (κ2) is 6.96. The third-order valence-electron chi connectivity index (χ3n) is 4.91. The summed E-state index contributed by atoms with van der Waals surface area (Å²) < 4.78 is 0. The quantitative estimate of drug-likeness (QED) is 0.731. The van der Waals surface area contributed by atoms with Gasteiger partial charge < -0.3 is 11.1 Å². The van der Waals surface area contributed by atoms with Crippen LogP contribution in [0.5, 0.6) is 0 Å². The van der Waals surface area contributed by atoms with Gasteiger partial charge in [0.05, 0.1) is 0 Å². The van der Waals surface area contributed by atoms with Crippen molar-refractivity contribution in [1.29, 1.82) is 0 Å². The summed E-state index contributed by atoms with van der Waals surface area (Å²) in [5.41, 5.74) is 10.5. The summed E-state index contributed by atoms with van der Waals surface area (Å²) in [7, 11) is 0. The minimum atomic E-state index is -0.0816. The topological polar surface area (TPSA) is 38.0 Å². The van der Waals surface area contributed by atoms with Crippen LogP contribution < -0.4 is 11.1 Å². The molecule has 3 aromatic rings. The Morgan fingerprint density at radius 1 is 0.800 bits per heavy atom. The average molecular weight is 326 g/mol. The van der Waals surface area contributed by atoms with E-state index in [1.54, 1.807) is 0 Å². The minimum absolute atomic E-state index is 0.0816. The van der Waals surface area contributed by atoms with E-state index in [-0.39, 0.29) is 12.0 Å². The number of rotatable bonds is 4. The van der Waals surface area contributed by atoms with Crippen LogP contribution in [0.1, 0.15) is 23.1 Å². The Morgan fingerprint density at radius 3 is 2.32 bits per heavy atom. The van der Waals surface area contributed by atoms with Gasteiger partial charge >= 0.3 is 0 Å². The fourth-order valence-electron chi connectivity index (χ4n) is 3.61. The molecule has 3 aromatic carbocycles. The van der Waals surface area contributed by atoms with Crippen LogP contribution in [0.15, 0.2) is 96.7 Å². The lowest BCUT2D eigenvalue weighted by atomic mass is 9.80. The normalized spacial score (nSPS) is 16.1. The van der Waals surface area contributed by atoms with Gasteiger partial charge in [-0.2, -0.15) is 0 Å². The molecule has 2 nitrogen and oxygen atoms in total. The lowest BCUT2D eigenvalue weighted by Gasteiger charge is -2.29. The molecule has 124 valence electrons. The van der Waals surface area contributed by atoms with Gasteiger partial charge in [0.1, 0.15) is 0 Å². The molecule has 0 bridgehead atoms. The van der Waals surface area contributed by atoms with Gasteiger partial charge in [0.25, 0.3) is 0 Å². The summed E-state index contributed by atoms with van der Waals surface area (Å²) in [6.07, 6.45) is 6.23. The molecule has 2 atom stereocenters. The molecule has 2 heteroatoms. The summed E-state index contributed by atoms with van der Waals surface area (Å²) in [5.74, 6) is 0.143. The standard InChI is InChI=1S/C23H22N2/c24-23(18-8-2-1-3-9-18)22(21-11-6-14-25-16-21)20-13-12-17-7-4-5-10-19(17)15-20/h1-15,22-23,25H,16,24H2. The van der Waals surface area contributed by atoms with E-state index >= 15 is 0 Å². The van der Waals surface area contributed by atoms with Crippen LogP contribution in [0.3, 0.4) is 0 Å². The Morgan fingerprint density at radius 2 is 1.56 bits per heavy atom. The molecule has 25 heavy (non-hydrogen) atoms. The van der Waals surface area contributed by atoms with Gasteiger partial charge in [0, 0.05) is 18.5 Å². The van der Waals surface area contributed by atoms with Crippen molar-refractivity contribution in [3.05, 3.63) is 108 Å². The number of benzene rings is 3. The van der Waals surface area contributed by atoms with E-state index < -0.39 is 0 Å². The third-order valence-corrected chi connectivity index (χ3v) is 4.91. The number of allylic oxidation sites excluding steroid dienone is 2. The number of hydrogen-bond acceptors (Lipinski definition) is 2. The van der Waals surface area contributed by atoms with Gasteiger partial charge in [-0.25, -0.2) is 0 Å². The van der Waals surface area contributed by atoms with Crippen LogP contribution in [0.25, 0.3) is 10.8 Å². The van der Waals surface area contributed by atoms with E-state index in [1.165, 1.54) is 21.9 Å². The average Bonchev–Trinajstić information content (AvgIpc) is 2.69. The molecule has 0 aliphatic carbocycles. The molecular weight excluding hydrogens is 304 g/mol. The molecule has 0 aromatic heterocycles. The van der Waals surface area contributed by atoms with Crippen LogP contribution in [0.4, 0.5) is 0 Å². The van der Waals surface area contributed by atoms with E-state index in [0.29, 0.717) is 0 Å². The zero-order valence-corrected chi connectivity index (χ0v) is 14.1. The lowest BCUT2D eigenvalue weighted by Crippen LogP contribution is -2.26. The van der Waals surface area contributed by atoms with Crippen molar-refractivity contribution in [1.82, 2.24) is 5.32 Å². The molecule has 1 aliphatic rings. The van der Waals surface area contributed by atoms with Gasteiger partial charge in [-0.15, -0.1) is 0 Å². The molecule has 2 unspecified atom stereocenters. The highest BCUT2D eigenvalue weighted by Crippen LogP contribution is 2.37. The van der Waals surface area contributed by atoms with Crippen LogP contribution in [0.2, 0.25) is 0 Å². The third kappa shape index (κ3) is 3.21. The fourth-order valence-corrected chi connectivity index (χ4v) is 3.61. The van der Waals surface area contributed by atoms with Gasteiger partial charge in [0.2, 0.25) is 0 Å². The fraction of sp³-hybridized carbons (Fsp3) is 0.130. The molecule has 0 fully saturated rings. The highest BCUT2D eigenvalue weighted by molar-refractivity contribution is 5.83. The number of nitrogens with one attached hydrogen (secondary N) is 1. The van der Waals surface area contributed by atoms with Crippen molar-refractivity contribution in [3.8, 4) is 0 Å². The monoisotopic (exact) mass is 326 g/mol. The molecule has 0 saturated heterocycles. The van der Waals surface area contributed by atoms with Crippen molar-refractivity contribution < 1.29 is 0 Å². The summed E-state index contributed by atoms with van der Waals surface area (Å²) in [6.45, 7) is 0.828. The SMILES string of the molecule is NC(c1ccccc1)C(C1=CC=CNC1)c1ccc2ccccc2c1. The van der Waals surface area contributed by atoms with Crippen LogP contribution in [-0.2, 0) is 0 Å². The Kier molecular flexibility index (Phi) is 4.36. The Hall–Kier alpha value is -2.84. The van der Waals surface area contributed by atoms with Crippen LogP contribution >= 0.6 is 0 Å². The molecule has 3 N–H and O–H groups in total. The van der Waals surface area contributed by atoms with E-state index in [4.69, 9.17) is 5.73 Å². The predicted octanol–water partition coefficient (Wildman–Crippen LogP) is 4.67. The van der Waals surface area contributed by atoms with Crippen LogP contribution in [-0.4, -0.2) is 6.54 Å². The molecule has 0 saturated carbocycles. The number of fused-ring (bicyclic) bond motifs is 1. The number of hydrogen-bond donors (Lipinski definition) is 2. The maximum absolute atomic E-state index is 6.75. The van der Waals surface area contributed by atoms with Gasteiger partial charge in [-0.3, -0.25) is 0 Å². The molecule has 0 spiro atoms. The lowest BCUT2D eigenvalue weighted by molar-refractivity contribution is 0.601. The Balaban J connectivity index is 1.81. The Bertz CT molecular complexity index is 925. The number of dihydropyridines is 1. The summed E-state index contributed by atoms with van der Waals surface area (Å²) >= 11 is 0. The maximum atomic E-state index is 6.75. The smallest absolute Gasteiger partial charge is 0.0403 e.